The van der Waals surface area contributed by atoms with Gasteiger partial charge in [0.15, 0.2) is 0 Å². The monoisotopic (exact) mass is 375 g/mol. The molecule has 4 N–H and O–H groups in total. The van der Waals surface area contributed by atoms with Gasteiger partial charge in [-0.2, -0.15) is 0 Å². The highest BCUT2D eigenvalue weighted by atomic mass is 19.1. The fraction of sp³-hybridized carbons (Fsp3) is 0.211. The lowest BCUT2D eigenvalue weighted by molar-refractivity contribution is -0.118. The first kappa shape index (κ1) is 20.0. The number of amides is 3. The molecule has 2 rings (SSSR count). The van der Waals surface area contributed by atoms with Gasteiger partial charge in [-0.1, -0.05) is 19.9 Å². The Hall–Kier alpha value is -3.29. The fourth-order valence-electron chi connectivity index (χ4n) is 2.40. The summed E-state index contributed by atoms with van der Waals surface area (Å²) in [6.07, 6.45) is 0. The molecule has 0 aliphatic heterocycles. The Morgan fingerprint density at radius 2 is 1.52 bits per heavy atom. The van der Waals surface area contributed by atoms with E-state index in [4.69, 9.17) is 5.73 Å². The lowest BCUT2D eigenvalue weighted by Crippen LogP contribution is -2.47. The molecular weight excluding hydrogens is 356 g/mol. The number of primary amides is 1. The van der Waals surface area contributed by atoms with Crippen LogP contribution in [0, 0.1) is 17.6 Å². The third kappa shape index (κ3) is 4.87. The maximum Gasteiger partial charge on any atom is 0.257 e. The summed E-state index contributed by atoms with van der Waals surface area (Å²) in [4.78, 5) is 35.8. The zero-order chi connectivity index (χ0) is 20.1. The van der Waals surface area contributed by atoms with Crippen molar-refractivity contribution in [3.8, 4) is 0 Å². The van der Waals surface area contributed by atoms with Crippen LogP contribution in [0.15, 0.2) is 42.5 Å². The SMILES string of the molecule is CC(C)C(NC(=O)c1c(F)cccc1F)C(=O)Nc1ccc(C(N)=O)cc1. The molecular formula is C19H19F2N3O3. The number of carbonyl (C=O) groups excluding carboxylic acids is 3. The van der Waals surface area contributed by atoms with Gasteiger partial charge in [0.25, 0.3) is 5.91 Å². The highest BCUT2D eigenvalue weighted by Crippen LogP contribution is 2.15. The van der Waals surface area contributed by atoms with E-state index < -0.39 is 41.0 Å². The number of nitrogens with two attached hydrogens (primary N) is 1. The highest BCUT2D eigenvalue weighted by molar-refractivity contribution is 6.01. The van der Waals surface area contributed by atoms with Crippen molar-refractivity contribution in [3.63, 3.8) is 0 Å². The molecule has 27 heavy (non-hydrogen) atoms. The summed E-state index contributed by atoms with van der Waals surface area (Å²) in [5.74, 6) is -4.58. The lowest BCUT2D eigenvalue weighted by Gasteiger charge is -2.22. The maximum atomic E-state index is 13.8. The van der Waals surface area contributed by atoms with E-state index in [9.17, 15) is 23.2 Å². The number of anilines is 1. The molecule has 0 aromatic heterocycles. The molecule has 0 heterocycles. The van der Waals surface area contributed by atoms with Gasteiger partial charge in [0.05, 0.1) is 0 Å². The first-order chi connectivity index (χ1) is 12.7. The van der Waals surface area contributed by atoms with Crippen LogP contribution >= 0.6 is 0 Å². The summed E-state index contributed by atoms with van der Waals surface area (Å²) < 4.78 is 27.5. The number of nitrogens with one attached hydrogen (secondary N) is 2. The predicted octanol–water partition coefficient (Wildman–Crippen LogP) is 2.46. The van der Waals surface area contributed by atoms with Gasteiger partial charge in [0.2, 0.25) is 11.8 Å². The Morgan fingerprint density at radius 1 is 0.963 bits per heavy atom. The smallest absolute Gasteiger partial charge is 0.257 e. The zero-order valence-electron chi connectivity index (χ0n) is 14.8. The number of rotatable bonds is 6. The van der Waals surface area contributed by atoms with Gasteiger partial charge in [-0.3, -0.25) is 14.4 Å². The van der Waals surface area contributed by atoms with Gasteiger partial charge in [0.1, 0.15) is 23.2 Å². The average molecular weight is 375 g/mol. The molecule has 0 aliphatic rings. The normalized spacial score (nSPS) is 11.7. The summed E-state index contributed by atoms with van der Waals surface area (Å²) in [7, 11) is 0. The number of carbonyl (C=O) groups is 3. The number of benzene rings is 2. The third-order valence-corrected chi connectivity index (χ3v) is 3.86. The molecule has 2 aromatic rings. The van der Waals surface area contributed by atoms with Crippen molar-refractivity contribution in [2.75, 3.05) is 5.32 Å². The number of hydrogen-bond acceptors (Lipinski definition) is 3. The molecule has 0 aliphatic carbocycles. The first-order valence-electron chi connectivity index (χ1n) is 8.16. The Labute approximate surface area is 154 Å². The van der Waals surface area contributed by atoms with E-state index in [1.165, 1.54) is 24.3 Å². The second-order valence-corrected chi connectivity index (χ2v) is 6.22. The molecule has 1 unspecified atom stereocenters. The van der Waals surface area contributed by atoms with E-state index in [2.05, 4.69) is 10.6 Å². The minimum atomic E-state index is -1.03. The second kappa shape index (κ2) is 8.39. The molecule has 8 heteroatoms. The van der Waals surface area contributed by atoms with Crippen LogP contribution in [0.5, 0.6) is 0 Å². The van der Waals surface area contributed by atoms with Crippen molar-refractivity contribution in [3.05, 3.63) is 65.2 Å². The molecule has 0 spiro atoms. The number of hydrogen-bond donors (Lipinski definition) is 3. The Morgan fingerprint density at radius 3 is 2.00 bits per heavy atom. The molecule has 3 amide bonds. The van der Waals surface area contributed by atoms with Crippen molar-refractivity contribution in [1.82, 2.24) is 5.32 Å². The van der Waals surface area contributed by atoms with Crippen molar-refractivity contribution in [2.24, 2.45) is 11.7 Å². The molecule has 6 nitrogen and oxygen atoms in total. The maximum absolute atomic E-state index is 13.8. The van der Waals surface area contributed by atoms with Crippen molar-refractivity contribution < 1.29 is 23.2 Å². The first-order valence-corrected chi connectivity index (χ1v) is 8.16. The van der Waals surface area contributed by atoms with Crippen molar-refractivity contribution in [1.29, 1.82) is 0 Å². The van der Waals surface area contributed by atoms with Crippen LogP contribution in [0.2, 0.25) is 0 Å². The van der Waals surface area contributed by atoms with E-state index in [1.54, 1.807) is 13.8 Å². The standard InChI is InChI=1S/C19H19F2N3O3/c1-10(2)16(24-18(26)15-13(20)4-3-5-14(15)21)19(27)23-12-8-6-11(7-9-12)17(22)25/h3-10,16H,1-2H3,(H2,22,25)(H,23,27)(H,24,26). The van der Waals surface area contributed by atoms with Gasteiger partial charge >= 0.3 is 0 Å². The molecule has 0 fully saturated rings. The molecule has 0 saturated heterocycles. The topological polar surface area (TPSA) is 101 Å². The van der Waals surface area contributed by atoms with Gasteiger partial charge < -0.3 is 16.4 Å². The predicted molar refractivity (Wildman–Crippen MR) is 96.0 cm³/mol. The van der Waals surface area contributed by atoms with Crippen LogP contribution in [0.4, 0.5) is 14.5 Å². The van der Waals surface area contributed by atoms with Crippen molar-refractivity contribution >= 4 is 23.4 Å². The largest absolute Gasteiger partial charge is 0.366 e. The highest BCUT2D eigenvalue weighted by Gasteiger charge is 2.27. The molecule has 0 saturated carbocycles. The average Bonchev–Trinajstić information content (AvgIpc) is 2.59. The summed E-state index contributed by atoms with van der Waals surface area (Å²) in [5.41, 5.74) is 5.06. The summed E-state index contributed by atoms with van der Waals surface area (Å²) in [6, 6.07) is 7.87. The van der Waals surface area contributed by atoms with E-state index in [-0.39, 0.29) is 11.5 Å². The van der Waals surface area contributed by atoms with Crippen LogP contribution in [-0.2, 0) is 4.79 Å². The van der Waals surface area contributed by atoms with Gasteiger partial charge in [-0.05, 0) is 42.3 Å². The molecule has 2 aromatic carbocycles. The van der Waals surface area contributed by atoms with E-state index >= 15 is 0 Å². The fourth-order valence-corrected chi connectivity index (χ4v) is 2.40. The second-order valence-electron chi connectivity index (χ2n) is 6.22. The van der Waals surface area contributed by atoms with Gasteiger partial charge in [-0.15, -0.1) is 0 Å². The minimum absolute atomic E-state index is 0.275. The molecule has 1 atom stereocenters. The van der Waals surface area contributed by atoms with Crippen LogP contribution < -0.4 is 16.4 Å². The van der Waals surface area contributed by atoms with Crippen LogP contribution in [-0.4, -0.2) is 23.8 Å². The van der Waals surface area contributed by atoms with E-state index in [0.717, 1.165) is 18.2 Å². The Kier molecular flexibility index (Phi) is 6.23. The zero-order valence-corrected chi connectivity index (χ0v) is 14.8. The van der Waals surface area contributed by atoms with Crippen molar-refractivity contribution in [2.45, 2.75) is 19.9 Å². The van der Waals surface area contributed by atoms with Gasteiger partial charge in [0, 0.05) is 11.3 Å². The molecule has 0 radical (unpaired) electrons. The van der Waals surface area contributed by atoms with Gasteiger partial charge in [-0.25, -0.2) is 8.78 Å². The third-order valence-electron chi connectivity index (χ3n) is 3.86. The van der Waals surface area contributed by atoms with E-state index in [1.807, 2.05) is 0 Å². The molecule has 142 valence electrons. The Balaban J connectivity index is 2.15. The van der Waals surface area contributed by atoms with Crippen LogP contribution in [0.3, 0.4) is 0 Å². The summed E-state index contributed by atoms with van der Waals surface area (Å²) >= 11 is 0. The summed E-state index contributed by atoms with van der Waals surface area (Å²) in [6.45, 7) is 3.36. The minimum Gasteiger partial charge on any atom is -0.366 e. The number of halogens is 2. The summed E-state index contributed by atoms with van der Waals surface area (Å²) in [5, 5.41) is 4.94. The quantitative estimate of drug-likeness (QED) is 0.723. The van der Waals surface area contributed by atoms with Crippen LogP contribution in [0.1, 0.15) is 34.6 Å². The van der Waals surface area contributed by atoms with Crippen LogP contribution in [0.25, 0.3) is 0 Å². The van der Waals surface area contributed by atoms with E-state index in [0.29, 0.717) is 5.69 Å². The lowest BCUT2D eigenvalue weighted by atomic mass is 10.0. The molecule has 0 bridgehead atoms. The Bertz CT molecular complexity index is 847.